The molecule has 2 heterocycles. The molecular weight excluding hydrogens is 528 g/mol. The normalized spacial score (nSPS) is 20.8. The summed E-state index contributed by atoms with van der Waals surface area (Å²) in [6.45, 7) is 3.46. The number of amides is 1. The highest BCUT2D eigenvalue weighted by molar-refractivity contribution is 6.30. The molecule has 1 aliphatic heterocycles. The Morgan fingerprint density at radius 1 is 1.12 bits per heavy atom. The van der Waals surface area contributed by atoms with Gasteiger partial charge in [0, 0.05) is 28.9 Å². The average Bonchev–Trinajstić information content (AvgIpc) is 3.59. The second-order valence-electron chi connectivity index (χ2n) is 10.5. The summed E-state index contributed by atoms with van der Waals surface area (Å²) < 4.78 is 10.9. The number of benzene rings is 3. The van der Waals surface area contributed by atoms with Crippen molar-refractivity contribution in [2.75, 3.05) is 26.9 Å². The van der Waals surface area contributed by atoms with Gasteiger partial charge in [-0.15, -0.1) is 0 Å². The van der Waals surface area contributed by atoms with Gasteiger partial charge >= 0.3 is 12.4 Å². The van der Waals surface area contributed by atoms with E-state index in [-0.39, 0.29) is 10.4 Å². The Hall–Kier alpha value is -3.65. The van der Waals surface area contributed by atoms with E-state index in [9.17, 15) is 14.7 Å². The van der Waals surface area contributed by atoms with Crippen LogP contribution in [0.2, 0.25) is 5.02 Å². The predicted molar refractivity (Wildman–Crippen MR) is 156 cm³/mol. The summed E-state index contributed by atoms with van der Waals surface area (Å²) in [6.07, 6.45) is 4.36. The number of rotatable bonds is 11. The monoisotopic (exact) mass is 561 g/mol. The van der Waals surface area contributed by atoms with Crippen molar-refractivity contribution in [1.29, 1.82) is 0 Å². The lowest BCUT2D eigenvalue weighted by Crippen LogP contribution is -2.55. The number of likely N-dealkylation sites (tertiary alicyclic amines) is 1. The summed E-state index contributed by atoms with van der Waals surface area (Å²) in [5.74, 6) is -1.22. The molecule has 1 fully saturated rings. The van der Waals surface area contributed by atoms with Crippen LogP contribution in [0.3, 0.4) is 0 Å². The third-order valence-corrected chi connectivity index (χ3v) is 8.35. The van der Waals surface area contributed by atoms with E-state index >= 15 is 0 Å². The van der Waals surface area contributed by atoms with Crippen LogP contribution in [-0.4, -0.2) is 49.3 Å². The second kappa shape index (κ2) is 11.8. The van der Waals surface area contributed by atoms with Gasteiger partial charge in [0.1, 0.15) is 23.7 Å². The number of hydrogen-bond acceptors (Lipinski definition) is 5. The number of unbranched alkanes of at least 4 members (excludes halogenated alkanes) is 1. The standard InChI is InChI=1S/C32H33ClN2O5/c1-3-4-15-35(21-36,26-7-5-6-25(33)18-26)20-34-19-28(23-10-13-29-24(17-23)14-16-40-29)30(32(37)38)31(34)22-8-11-27(39-2)12-9-22/h5-14,16-18,21,28,30-31H,3-4,15,19-20H2,1-2H3/p+1/t28?,30-,31+,35?/m0/s1. The van der Waals surface area contributed by atoms with Gasteiger partial charge in [0.2, 0.25) is 0 Å². The number of halogens is 1. The lowest BCUT2D eigenvalue weighted by atomic mass is 9.82. The Morgan fingerprint density at radius 2 is 1.90 bits per heavy atom. The van der Waals surface area contributed by atoms with Crippen LogP contribution in [0.25, 0.3) is 11.0 Å². The van der Waals surface area contributed by atoms with Gasteiger partial charge in [0.15, 0.2) is 0 Å². The molecule has 3 aromatic carbocycles. The first kappa shape index (κ1) is 27.9. The molecule has 8 heteroatoms. The highest BCUT2D eigenvalue weighted by Crippen LogP contribution is 2.47. The molecule has 4 aromatic rings. The molecule has 1 N–H and O–H groups in total. The lowest BCUT2D eigenvalue weighted by molar-refractivity contribution is -0.143. The van der Waals surface area contributed by atoms with E-state index < -0.39 is 17.9 Å². The van der Waals surface area contributed by atoms with Crippen molar-refractivity contribution in [3.8, 4) is 5.75 Å². The van der Waals surface area contributed by atoms with Gasteiger partial charge in [0.05, 0.1) is 31.9 Å². The van der Waals surface area contributed by atoms with Crippen LogP contribution in [0, 0.1) is 5.92 Å². The van der Waals surface area contributed by atoms with Gasteiger partial charge in [0.25, 0.3) is 0 Å². The Balaban J connectivity index is 1.62. The van der Waals surface area contributed by atoms with Crippen LogP contribution in [-0.2, 0) is 9.59 Å². The molecule has 0 bridgehead atoms. The number of quaternary nitrogens is 1. The summed E-state index contributed by atoms with van der Waals surface area (Å²) in [4.78, 5) is 28.2. The van der Waals surface area contributed by atoms with Gasteiger partial charge < -0.3 is 14.3 Å². The van der Waals surface area contributed by atoms with E-state index in [2.05, 4.69) is 11.8 Å². The predicted octanol–water partition coefficient (Wildman–Crippen LogP) is 6.86. The third kappa shape index (κ3) is 5.37. The maximum atomic E-state index is 13.0. The van der Waals surface area contributed by atoms with E-state index in [1.165, 1.54) is 0 Å². The topological polar surface area (TPSA) is 80.0 Å². The number of carbonyl (C=O) groups is 2. The highest BCUT2D eigenvalue weighted by Gasteiger charge is 2.50. The van der Waals surface area contributed by atoms with Crippen LogP contribution >= 0.6 is 11.6 Å². The van der Waals surface area contributed by atoms with E-state index in [0.29, 0.717) is 30.5 Å². The van der Waals surface area contributed by atoms with Crippen molar-refractivity contribution in [3.05, 3.63) is 95.2 Å². The molecule has 1 amide bonds. The van der Waals surface area contributed by atoms with Crippen molar-refractivity contribution in [2.45, 2.75) is 31.7 Å². The number of carboxylic acids is 1. The van der Waals surface area contributed by atoms with Crippen molar-refractivity contribution in [1.82, 2.24) is 9.38 Å². The maximum absolute atomic E-state index is 13.0. The highest BCUT2D eigenvalue weighted by atomic mass is 35.5. The quantitative estimate of drug-likeness (QED) is 0.159. The minimum atomic E-state index is -0.874. The molecule has 2 unspecified atom stereocenters. The van der Waals surface area contributed by atoms with Crippen LogP contribution in [0.5, 0.6) is 5.75 Å². The molecule has 1 aliphatic rings. The number of fused-ring (bicyclic) bond motifs is 1. The zero-order chi connectivity index (χ0) is 28.3. The Kier molecular flexibility index (Phi) is 8.26. The average molecular weight is 562 g/mol. The number of carboxylic acid groups (broad SMARTS) is 1. The first-order chi connectivity index (χ1) is 19.4. The molecule has 7 nitrogen and oxygen atoms in total. The van der Waals surface area contributed by atoms with Crippen LogP contribution in [0.1, 0.15) is 42.9 Å². The lowest BCUT2D eigenvalue weighted by Gasteiger charge is -2.37. The van der Waals surface area contributed by atoms with Crippen molar-refractivity contribution >= 4 is 40.6 Å². The van der Waals surface area contributed by atoms with Gasteiger partial charge in [-0.25, -0.2) is 14.2 Å². The SMILES string of the molecule is CCCC[N+](C=O)(CN1CC(c2ccc3occc3c2)[C@H](C(=O)O)[C@H]1c1ccc(OC)cc1)c1cccc(Cl)c1. The molecule has 1 saturated heterocycles. The Bertz CT molecular complexity index is 1490. The second-order valence-corrected chi connectivity index (χ2v) is 11.0. The molecule has 0 radical (unpaired) electrons. The number of carbonyl (C=O) groups excluding carboxylic acids is 1. The summed E-state index contributed by atoms with van der Waals surface area (Å²) in [6, 6.07) is 22.3. The van der Waals surface area contributed by atoms with Gasteiger partial charge in [-0.1, -0.05) is 49.2 Å². The number of methoxy groups -OCH3 is 1. The molecule has 0 spiro atoms. The smallest absolute Gasteiger partial charge is 0.309 e. The maximum Gasteiger partial charge on any atom is 0.309 e. The molecule has 1 aromatic heterocycles. The van der Waals surface area contributed by atoms with Crippen LogP contribution < -0.4 is 9.22 Å². The van der Waals surface area contributed by atoms with Crippen LogP contribution in [0.15, 0.2) is 83.5 Å². The number of furan rings is 1. The minimum Gasteiger partial charge on any atom is -0.497 e. The summed E-state index contributed by atoms with van der Waals surface area (Å²) in [7, 11) is 1.60. The van der Waals surface area contributed by atoms with Gasteiger partial charge in [-0.3, -0.25) is 4.79 Å². The van der Waals surface area contributed by atoms with Crippen molar-refractivity contribution in [2.24, 2.45) is 5.92 Å². The molecule has 0 aliphatic carbocycles. The summed E-state index contributed by atoms with van der Waals surface area (Å²) in [5.41, 5.74) is 3.35. The molecule has 40 heavy (non-hydrogen) atoms. The number of nitrogens with zero attached hydrogens (tertiary/aromatic N) is 2. The fourth-order valence-corrected chi connectivity index (χ4v) is 6.26. The van der Waals surface area contributed by atoms with Gasteiger partial charge in [-0.2, -0.15) is 0 Å². The van der Waals surface area contributed by atoms with E-state index in [0.717, 1.165) is 47.0 Å². The van der Waals surface area contributed by atoms with E-state index in [1.807, 2.05) is 66.7 Å². The van der Waals surface area contributed by atoms with E-state index in [1.54, 1.807) is 19.4 Å². The minimum absolute atomic E-state index is 0.0287. The van der Waals surface area contributed by atoms with E-state index in [4.69, 9.17) is 20.8 Å². The zero-order valence-electron chi connectivity index (χ0n) is 22.7. The molecule has 0 saturated carbocycles. The summed E-state index contributed by atoms with van der Waals surface area (Å²) in [5, 5.41) is 12.1. The first-order valence-electron chi connectivity index (χ1n) is 13.6. The molecular formula is C32H34ClN2O5+. The van der Waals surface area contributed by atoms with Gasteiger partial charge in [-0.05, 0) is 60.0 Å². The fourth-order valence-electron chi connectivity index (χ4n) is 6.07. The van der Waals surface area contributed by atoms with Crippen molar-refractivity contribution in [3.63, 3.8) is 0 Å². The van der Waals surface area contributed by atoms with Crippen molar-refractivity contribution < 1.29 is 23.8 Å². The van der Waals surface area contributed by atoms with Crippen LogP contribution in [0.4, 0.5) is 5.69 Å². The zero-order valence-corrected chi connectivity index (χ0v) is 23.5. The Morgan fingerprint density at radius 3 is 2.58 bits per heavy atom. The third-order valence-electron chi connectivity index (χ3n) is 8.11. The molecule has 5 rings (SSSR count). The number of aliphatic carboxylic acids is 1. The largest absolute Gasteiger partial charge is 0.497 e. The summed E-state index contributed by atoms with van der Waals surface area (Å²) >= 11 is 6.38. The first-order valence-corrected chi connectivity index (χ1v) is 13.9. The fraction of sp³-hybridized carbons (Fsp3) is 0.312. The number of ether oxygens (including phenoxy) is 1. The number of hydrogen-bond donors (Lipinski definition) is 1. The Labute approximate surface area is 239 Å². The molecule has 4 atom stereocenters. The molecule has 208 valence electrons.